The van der Waals surface area contributed by atoms with E-state index in [-0.39, 0.29) is 0 Å². The van der Waals surface area contributed by atoms with Crippen molar-refractivity contribution in [3.63, 3.8) is 0 Å². The number of nitrogens with zero attached hydrogens (tertiary/aromatic N) is 1. The van der Waals surface area contributed by atoms with Gasteiger partial charge in [0.15, 0.2) is 0 Å². The van der Waals surface area contributed by atoms with E-state index in [1.807, 2.05) is 42.6 Å². The van der Waals surface area contributed by atoms with E-state index in [1.165, 1.54) is 0 Å². The van der Waals surface area contributed by atoms with Crippen molar-refractivity contribution in [3.05, 3.63) is 43.0 Å². The van der Waals surface area contributed by atoms with Gasteiger partial charge in [-0.25, -0.2) is 0 Å². The maximum atomic E-state index is 4.20. The molecule has 1 aromatic rings. The zero-order valence-corrected chi connectivity index (χ0v) is 6.40. The first-order valence-corrected chi connectivity index (χ1v) is 3.62. The molecule has 11 heavy (non-hydrogen) atoms. The van der Waals surface area contributed by atoms with E-state index in [0.717, 1.165) is 12.1 Å². The summed E-state index contributed by atoms with van der Waals surface area (Å²) < 4.78 is 0. The number of para-hydroxylation sites is 1. The Balaban J connectivity index is 2.57. The van der Waals surface area contributed by atoms with Gasteiger partial charge in [0.1, 0.15) is 0 Å². The Morgan fingerprint density at radius 1 is 1.27 bits per heavy atom. The van der Waals surface area contributed by atoms with Crippen molar-refractivity contribution in [2.24, 2.45) is 4.99 Å². The van der Waals surface area contributed by atoms with E-state index < -0.39 is 0 Å². The highest BCUT2D eigenvalue weighted by molar-refractivity contribution is 5.64. The second-order valence-corrected chi connectivity index (χ2v) is 2.17. The number of hydrogen-bond donors (Lipinski definition) is 0. The minimum atomic E-state index is 0.828. The molecule has 0 fully saturated rings. The molecule has 0 spiro atoms. The largest absolute Gasteiger partial charge is 0.261 e. The normalized spacial score (nSPS) is 10.2. The summed E-state index contributed by atoms with van der Waals surface area (Å²) in [4.78, 5) is 4.20. The van der Waals surface area contributed by atoms with Gasteiger partial charge in [0.2, 0.25) is 0 Å². The lowest BCUT2D eigenvalue weighted by atomic mass is 10.3. The molecule has 0 aliphatic heterocycles. The van der Waals surface area contributed by atoms with Gasteiger partial charge in [-0.1, -0.05) is 24.3 Å². The van der Waals surface area contributed by atoms with Crippen molar-refractivity contribution in [1.82, 2.24) is 0 Å². The van der Waals surface area contributed by atoms with E-state index >= 15 is 0 Å². The standard InChI is InChI=1S/C10H11N/c1-2-3-9-11-10-7-5-4-6-8-10/h2,4-9H,1,3H2/b11-9-. The van der Waals surface area contributed by atoms with Gasteiger partial charge in [-0.3, -0.25) is 4.99 Å². The maximum Gasteiger partial charge on any atom is 0.0625 e. The smallest absolute Gasteiger partial charge is 0.0625 e. The first-order chi connectivity index (χ1) is 5.43. The summed E-state index contributed by atoms with van der Waals surface area (Å²) in [5.41, 5.74) is 0.995. The van der Waals surface area contributed by atoms with Gasteiger partial charge in [0, 0.05) is 12.6 Å². The molecule has 0 aromatic heterocycles. The number of allylic oxidation sites excluding steroid dienone is 1. The third kappa shape index (κ3) is 2.80. The third-order valence-corrected chi connectivity index (χ3v) is 1.27. The molecule has 0 aliphatic rings. The van der Waals surface area contributed by atoms with Gasteiger partial charge in [0.05, 0.1) is 5.69 Å². The predicted molar refractivity (Wildman–Crippen MR) is 49.4 cm³/mol. The van der Waals surface area contributed by atoms with E-state index in [4.69, 9.17) is 0 Å². The lowest BCUT2D eigenvalue weighted by molar-refractivity contribution is 1.46. The Labute approximate surface area is 67.1 Å². The number of aliphatic imine (C=N–C) groups is 1. The fourth-order valence-electron chi connectivity index (χ4n) is 0.747. The van der Waals surface area contributed by atoms with E-state index in [2.05, 4.69) is 11.6 Å². The van der Waals surface area contributed by atoms with Crippen molar-refractivity contribution in [2.45, 2.75) is 6.42 Å². The molecule has 0 radical (unpaired) electrons. The number of hydrogen-bond acceptors (Lipinski definition) is 1. The summed E-state index contributed by atoms with van der Waals surface area (Å²) in [7, 11) is 0. The summed E-state index contributed by atoms with van der Waals surface area (Å²) >= 11 is 0. The van der Waals surface area contributed by atoms with Crippen LogP contribution >= 0.6 is 0 Å². The highest BCUT2D eigenvalue weighted by Crippen LogP contribution is 2.08. The van der Waals surface area contributed by atoms with Crippen LogP contribution in [0.2, 0.25) is 0 Å². The summed E-state index contributed by atoms with van der Waals surface area (Å²) in [6.45, 7) is 3.60. The molecule has 1 rings (SSSR count). The molecule has 0 bridgehead atoms. The summed E-state index contributed by atoms with van der Waals surface area (Å²) in [5, 5.41) is 0. The quantitative estimate of drug-likeness (QED) is 0.458. The Hall–Kier alpha value is -1.37. The average Bonchev–Trinajstić information content (AvgIpc) is 2.07. The van der Waals surface area contributed by atoms with Crippen molar-refractivity contribution < 1.29 is 0 Å². The molecular formula is C10H11N. The molecule has 0 saturated carbocycles. The Morgan fingerprint density at radius 2 is 2.00 bits per heavy atom. The molecule has 0 N–H and O–H groups in total. The van der Waals surface area contributed by atoms with Crippen LogP contribution in [-0.2, 0) is 0 Å². The predicted octanol–water partition coefficient (Wildman–Crippen LogP) is 2.97. The van der Waals surface area contributed by atoms with E-state index in [0.29, 0.717) is 0 Å². The van der Waals surface area contributed by atoms with Crippen molar-refractivity contribution in [1.29, 1.82) is 0 Å². The molecule has 0 unspecified atom stereocenters. The van der Waals surface area contributed by atoms with Crippen LogP contribution in [0, 0.1) is 0 Å². The molecule has 0 saturated heterocycles. The van der Waals surface area contributed by atoms with Crippen LogP contribution in [0.5, 0.6) is 0 Å². The van der Waals surface area contributed by atoms with Crippen LogP contribution in [0.3, 0.4) is 0 Å². The fraction of sp³-hybridized carbons (Fsp3) is 0.100. The van der Waals surface area contributed by atoms with Gasteiger partial charge < -0.3 is 0 Å². The number of rotatable bonds is 3. The number of benzene rings is 1. The molecule has 1 aromatic carbocycles. The minimum Gasteiger partial charge on any atom is -0.261 e. The van der Waals surface area contributed by atoms with Crippen LogP contribution in [0.15, 0.2) is 48.0 Å². The lowest BCUT2D eigenvalue weighted by Gasteiger charge is -1.88. The summed E-state index contributed by atoms with van der Waals surface area (Å²) in [6.07, 6.45) is 4.50. The van der Waals surface area contributed by atoms with E-state index in [9.17, 15) is 0 Å². The van der Waals surface area contributed by atoms with Crippen LogP contribution in [-0.4, -0.2) is 6.21 Å². The molecule has 1 heteroatoms. The zero-order chi connectivity index (χ0) is 7.94. The van der Waals surface area contributed by atoms with Gasteiger partial charge in [0.25, 0.3) is 0 Å². The highest BCUT2D eigenvalue weighted by Gasteiger charge is 1.80. The molecule has 0 amide bonds. The first-order valence-electron chi connectivity index (χ1n) is 3.62. The Morgan fingerprint density at radius 3 is 2.64 bits per heavy atom. The first kappa shape index (κ1) is 7.73. The van der Waals surface area contributed by atoms with Crippen LogP contribution < -0.4 is 0 Å². The molecule has 1 nitrogen and oxygen atoms in total. The molecule has 0 aliphatic carbocycles. The second-order valence-electron chi connectivity index (χ2n) is 2.17. The van der Waals surface area contributed by atoms with E-state index in [1.54, 1.807) is 0 Å². The minimum absolute atomic E-state index is 0.828. The topological polar surface area (TPSA) is 12.4 Å². The van der Waals surface area contributed by atoms with Gasteiger partial charge in [-0.2, -0.15) is 0 Å². The maximum absolute atomic E-state index is 4.20. The van der Waals surface area contributed by atoms with Crippen molar-refractivity contribution in [3.8, 4) is 0 Å². The monoisotopic (exact) mass is 145 g/mol. The fourth-order valence-corrected chi connectivity index (χ4v) is 0.747. The summed E-state index contributed by atoms with van der Waals surface area (Å²) in [5.74, 6) is 0. The molecule has 0 heterocycles. The SMILES string of the molecule is C=CC/C=N\c1ccccc1. The Kier molecular flexibility index (Phi) is 3.13. The average molecular weight is 145 g/mol. The Bertz CT molecular complexity index is 236. The summed E-state index contributed by atoms with van der Waals surface area (Å²) in [6, 6.07) is 9.87. The molecular weight excluding hydrogens is 134 g/mol. The van der Waals surface area contributed by atoms with Crippen LogP contribution in [0.25, 0.3) is 0 Å². The molecule has 0 atom stereocenters. The lowest BCUT2D eigenvalue weighted by Crippen LogP contribution is -1.67. The third-order valence-electron chi connectivity index (χ3n) is 1.27. The second kappa shape index (κ2) is 4.45. The van der Waals surface area contributed by atoms with Crippen molar-refractivity contribution in [2.75, 3.05) is 0 Å². The van der Waals surface area contributed by atoms with Crippen molar-refractivity contribution >= 4 is 11.9 Å². The van der Waals surface area contributed by atoms with Gasteiger partial charge in [-0.15, -0.1) is 6.58 Å². The zero-order valence-electron chi connectivity index (χ0n) is 6.40. The van der Waals surface area contributed by atoms with Gasteiger partial charge in [-0.05, 0) is 12.1 Å². The highest BCUT2D eigenvalue weighted by atomic mass is 14.7. The van der Waals surface area contributed by atoms with Crippen LogP contribution in [0.1, 0.15) is 6.42 Å². The van der Waals surface area contributed by atoms with Crippen LogP contribution in [0.4, 0.5) is 5.69 Å². The van der Waals surface area contributed by atoms with Gasteiger partial charge >= 0.3 is 0 Å². The molecule has 56 valence electrons.